The molecule has 0 saturated carbocycles. The van der Waals surface area contributed by atoms with Crippen LogP contribution in [0.15, 0.2) is 12.7 Å². The van der Waals surface area contributed by atoms with Gasteiger partial charge in [-0.3, -0.25) is 0 Å². The van der Waals surface area contributed by atoms with E-state index >= 15 is 0 Å². The van der Waals surface area contributed by atoms with E-state index < -0.39 is 0 Å². The second kappa shape index (κ2) is 9.93. The topological polar surface area (TPSA) is 0 Å². The van der Waals surface area contributed by atoms with Crippen molar-refractivity contribution < 1.29 is 0 Å². The van der Waals surface area contributed by atoms with E-state index in [0.29, 0.717) is 0 Å². The van der Waals surface area contributed by atoms with Gasteiger partial charge in [-0.05, 0) is 37.0 Å². The van der Waals surface area contributed by atoms with E-state index in [2.05, 4.69) is 34.3 Å². The fourth-order valence-electron chi connectivity index (χ4n) is 2.30. The van der Waals surface area contributed by atoms with Crippen molar-refractivity contribution in [1.82, 2.24) is 0 Å². The maximum atomic E-state index is 3.77. The van der Waals surface area contributed by atoms with Gasteiger partial charge in [0, 0.05) is 0 Å². The standard InChI is InChI=1S/C16H32/c1-6-8-9-10-15(4)11-12-16(5)13-14(3)7-2/h6,14-16H,1,7-13H2,2-5H3. The summed E-state index contributed by atoms with van der Waals surface area (Å²) in [6, 6.07) is 0. The molecule has 0 aromatic heterocycles. The lowest BCUT2D eigenvalue weighted by Crippen LogP contribution is -2.05. The molecule has 0 amide bonds. The Morgan fingerprint density at radius 3 is 2.12 bits per heavy atom. The smallest absolute Gasteiger partial charge is 0.0353 e. The molecule has 0 aromatic rings. The van der Waals surface area contributed by atoms with Crippen LogP contribution < -0.4 is 0 Å². The zero-order valence-electron chi connectivity index (χ0n) is 12.0. The molecule has 3 unspecified atom stereocenters. The Labute approximate surface area is 104 Å². The monoisotopic (exact) mass is 224 g/mol. The molecule has 0 radical (unpaired) electrons. The lowest BCUT2D eigenvalue weighted by molar-refractivity contribution is 0.346. The SMILES string of the molecule is C=CCCCC(C)CCC(C)CC(C)CC. The van der Waals surface area contributed by atoms with Crippen molar-refractivity contribution >= 4 is 0 Å². The molecular weight excluding hydrogens is 192 g/mol. The number of unbranched alkanes of at least 4 members (excludes halogenated alkanes) is 1. The third kappa shape index (κ3) is 9.00. The van der Waals surface area contributed by atoms with E-state index in [-0.39, 0.29) is 0 Å². The van der Waals surface area contributed by atoms with Gasteiger partial charge in [-0.15, -0.1) is 6.58 Å². The van der Waals surface area contributed by atoms with Crippen LogP contribution in [0.5, 0.6) is 0 Å². The molecule has 0 N–H and O–H groups in total. The highest BCUT2D eigenvalue weighted by Crippen LogP contribution is 2.23. The summed E-state index contributed by atoms with van der Waals surface area (Å²) < 4.78 is 0. The van der Waals surface area contributed by atoms with Crippen LogP contribution >= 0.6 is 0 Å². The predicted octanol–water partition coefficient (Wildman–Crippen LogP) is 5.83. The number of allylic oxidation sites excluding steroid dienone is 1. The molecule has 0 spiro atoms. The lowest BCUT2D eigenvalue weighted by atomic mass is 9.88. The zero-order valence-corrected chi connectivity index (χ0v) is 12.0. The van der Waals surface area contributed by atoms with E-state index in [1.165, 1.54) is 44.9 Å². The predicted molar refractivity (Wildman–Crippen MR) is 75.7 cm³/mol. The Bertz CT molecular complexity index is 159. The van der Waals surface area contributed by atoms with Crippen LogP contribution in [-0.4, -0.2) is 0 Å². The van der Waals surface area contributed by atoms with E-state index in [1.807, 2.05) is 6.08 Å². The third-order valence-corrected chi connectivity index (χ3v) is 3.76. The van der Waals surface area contributed by atoms with Gasteiger partial charge in [0.05, 0.1) is 0 Å². The molecular formula is C16H32. The van der Waals surface area contributed by atoms with Crippen LogP contribution in [-0.2, 0) is 0 Å². The Hall–Kier alpha value is -0.260. The number of hydrogen-bond acceptors (Lipinski definition) is 0. The van der Waals surface area contributed by atoms with Crippen LogP contribution in [0.2, 0.25) is 0 Å². The van der Waals surface area contributed by atoms with Crippen LogP contribution in [0, 0.1) is 17.8 Å². The van der Waals surface area contributed by atoms with E-state index in [4.69, 9.17) is 0 Å². The molecule has 0 saturated heterocycles. The molecule has 0 aliphatic heterocycles. The molecule has 0 bridgehead atoms. The van der Waals surface area contributed by atoms with Crippen molar-refractivity contribution in [3.05, 3.63) is 12.7 Å². The summed E-state index contributed by atoms with van der Waals surface area (Å²) in [6.07, 6.45) is 11.5. The summed E-state index contributed by atoms with van der Waals surface area (Å²) in [7, 11) is 0. The summed E-state index contributed by atoms with van der Waals surface area (Å²) in [5.41, 5.74) is 0. The zero-order chi connectivity index (χ0) is 12.4. The molecule has 0 nitrogen and oxygen atoms in total. The molecule has 96 valence electrons. The first-order valence-electron chi connectivity index (χ1n) is 7.21. The first kappa shape index (κ1) is 15.7. The van der Waals surface area contributed by atoms with Crippen molar-refractivity contribution in [2.45, 2.75) is 72.6 Å². The largest absolute Gasteiger partial charge is 0.103 e. The first-order valence-corrected chi connectivity index (χ1v) is 7.21. The fraction of sp³-hybridized carbons (Fsp3) is 0.875. The third-order valence-electron chi connectivity index (χ3n) is 3.76. The Kier molecular flexibility index (Phi) is 9.77. The van der Waals surface area contributed by atoms with Crippen LogP contribution in [0.25, 0.3) is 0 Å². The Balaban J connectivity index is 3.50. The van der Waals surface area contributed by atoms with Crippen LogP contribution in [0.1, 0.15) is 72.6 Å². The Morgan fingerprint density at radius 2 is 1.56 bits per heavy atom. The molecule has 0 rings (SSSR count). The molecule has 0 aromatic carbocycles. The number of rotatable bonds is 10. The second-order valence-electron chi connectivity index (χ2n) is 5.76. The first-order chi connectivity index (χ1) is 7.60. The molecule has 0 aliphatic carbocycles. The molecule has 0 heterocycles. The number of hydrogen-bond donors (Lipinski definition) is 0. The van der Waals surface area contributed by atoms with Gasteiger partial charge in [-0.2, -0.15) is 0 Å². The van der Waals surface area contributed by atoms with Gasteiger partial charge < -0.3 is 0 Å². The summed E-state index contributed by atoms with van der Waals surface area (Å²) >= 11 is 0. The van der Waals surface area contributed by atoms with Gasteiger partial charge in [0.1, 0.15) is 0 Å². The maximum absolute atomic E-state index is 3.77. The van der Waals surface area contributed by atoms with Gasteiger partial charge in [-0.25, -0.2) is 0 Å². The minimum Gasteiger partial charge on any atom is -0.103 e. The molecule has 0 heteroatoms. The molecule has 16 heavy (non-hydrogen) atoms. The van der Waals surface area contributed by atoms with Crippen molar-refractivity contribution in [3.8, 4) is 0 Å². The second-order valence-corrected chi connectivity index (χ2v) is 5.76. The van der Waals surface area contributed by atoms with E-state index in [0.717, 1.165) is 17.8 Å². The van der Waals surface area contributed by atoms with E-state index in [1.54, 1.807) is 0 Å². The van der Waals surface area contributed by atoms with E-state index in [9.17, 15) is 0 Å². The average molecular weight is 224 g/mol. The van der Waals surface area contributed by atoms with Crippen molar-refractivity contribution in [3.63, 3.8) is 0 Å². The Morgan fingerprint density at radius 1 is 0.938 bits per heavy atom. The maximum Gasteiger partial charge on any atom is -0.0353 e. The van der Waals surface area contributed by atoms with Gasteiger partial charge in [0.15, 0.2) is 0 Å². The van der Waals surface area contributed by atoms with Gasteiger partial charge in [0.2, 0.25) is 0 Å². The summed E-state index contributed by atoms with van der Waals surface area (Å²) in [5, 5.41) is 0. The van der Waals surface area contributed by atoms with Gasteiger partial charge in [0.25, 0.3) is 0 Å². The van der Waals surface area contributed by atoms with Gasteiger partial charge >= 0.3 is 0 Å². The normalized spacial score (nSPS) is 16.8. The highest BCUT2D eigenvalue weighted by Gasteiger charge is 2.09. The minimum atomic E-state index is 0.902. The summed E-state index contributed by atoms with van der Waals surface area (Å²) in [4.78, 5) is 0. The van der Waals surface area contributed by atoms with Crippen molar-refractivity contribution in [2.24, 2.45) is 17.8 Å². The summed E-state index contributed by atoms with van der Waals surface area (Å²) in [6.45, 7) is 13.3. The van der Waals surface area contributed by atoms with Crippen LogP contribution in [0.4, 0.5) is 0 Å². The lowest BCUT2D eigenvalue weighted by Gasteiger charge is -2.18. The quantitative estimate of drug-likeness (QED) is 0.323. The van der Waals surface area contributed by atoms with Crippen molar-refractivity contribution in [2.75, 3.05) is 0 Å². The molecule has 0 fully saturated rings. The fourth-order valence-corrected chi connectivity index (χ4v) is 2.30. The molecule has 0 aliphatic rings. The minimum absolute atomic E-state index is 0.902. The van der Waals surface area contributed by atoms with Gasteiger partial charge in [-0.1, -0.05) is 59.5 Å². The molecule has 3 atom stereocenters. The van der Waals surface area contributed by atoms with Crippen molar-refractivity contribution in [1.29, 1.82) is 0 Å². The average Bonchev–Trinajstić information content (AvgIpc) is 2.26. The highest BCUT2D eigenvalue weighted by molar-refractivity contribution is 4.67. The highest BCUT2D eigenvalue weighted by atomic mass is 14.1. The summed E-state index contributed by atoms with van der Waals surface area (Å²) in [5.74, 6) is 2.72. The van der Waals surface area contributed by atoms with Crippen LogP contribution in [0.3, 0.4) is 0 Å².